The number of nitrogens with zero attached hydrogens (tertiary/aromatic N) is 3. The standard InChI is InChI=1S/C18H15N3OS2.C9H7F3N2/c1-20-13-9-5-6-10-14(13)23-17(20)15-16(22)21(18(19)24-15)11-12-7-3-2-4-8-12;10-9(11,12)6-14-8-3-1-7(5-13)2-4-8/h2-10,19H,11H2,1H3;1-4,14H,6H2/b17-15-,19-18?;. The average Bonchev–Trinajstić information content (AvgIpc) is 3.39. The third kappa shape index (κ3) is 6.51. The molecule has 5 rings (SSSR count). The Balaban J connectivity index is 0.000000206. The van der Waals surface area contributed by atoms with Crippen molar-refractivity contribution < 1.29 is 18.0 Å². The maximum absolute atomic E-state index is 12.9. The molecule has 6 nitrogen and oxygen atoms in total. The molecule has 0 bridgehead atoms. The molecule has 2 aliphatic heterocycles. The molecule has 1 fully saturated rings. The van der Waals surface area contributed by atoms with E-state index < -0.39 is 12.7 Å². The largest absolute Gasteiger partial charge is 0.405 e. The Labute approximate surface area is 226 Å². The summed E-state index contributed by atoms with van der Waals surface area (Å²) >= 11 is 2.85. The van der Waals surface area contributed by atoms with E-state index in [0.717, 1.165) is 21.2 Å². The van der Waals surface area contributed by atoms with Gasteiger partial charge in [0.05, 0.1) is 28.9 Å². The van der Waals surface area contributed by atoms with Gasteiger partial charge in [-0.05, 0) is 53.7 Å². The number of para-hydroxylation sites is 1. The number of alkyl halides is 3. The van der Waals surface area contributed by atoms with Gasteiger partial charge in [-0.2, -0.15) is 18.4 Å². The first-order valence-corrected chi connectivity index (χ1v) is 13.0. The number of nitrogens with one attached hydrogen (secondary N) is 2. The first kappa shape index (κ1) is 27.2. The second-order valence-corrected chi connectivity index (χ2v) is 10.2. The highest BCUT2D eigenvalue weighted by Crippen LogP contribution is 2.49. The summed E-state index contributed by atoms with van der Waals surface area (Å²) in [5.74, 6) is -0.0870. The van der Waals surface area contributed by atoms with Crippen LogP contribution in [0.5, 0.6) is 0 Å². The van der Waals surface area contributed by atoms with Gasteiger partial charge in [0.25, 0.3) is 5.91 Å². The molecule has 3 aromatic carbocycles. The summed E-state index contributed by atoms with van der Waals surface area (Å²) in [5.41, 5.74) is 2.90. The summed E-state index contributed by atoms with van der Waals surface area (Å²) in [6, 6.07) is 25.6. The third-order valence-corrected chi connectivity index (χ3v) is 7.86. The molecule has 1 amide bonds. The highest BCUT2D eigenvalue weighted by molar-refractivity contribution is 8.19. The number of amides is 1. The van der Waals surface area contributed by atoms with Gasteiger partial charge in [-0.15, -0.1) is 0 Å². The van der Waals surface area contributed by atoms with Crippen LogP contribution in [0.15, 0.2) is 93.7 Å². The van der Waals surface area contributed by atoms with Gasteiger partial charge in [0.15, 0.2) is 5.17 Å². The van der Waals surface area contributed by atoms with Crippen molar-refractivity contribution in [2.75, 3.05) is 23.8 Å². The number of carbonyl (C=O) groups is 1. The average molecular weight is 554 g/mol. The summed E-state index contributed by atoms with van der Waals surface area (Å²) in [7, 11) is 1.97. The van der Waals surface area contributed by atoms with Gasteiger partial charge in [-0.3, -0.25) is 15.1 Å². The number of nitriles is 1. The van der Waals surface area contributed by atoms with Gasteiger partial charge in [-0.1, -0.05) is 54.2 Å². The lowest BCUT2D eigenvalue weighted by atomic mass is 10.2. The van der Waals surface area contributed by atoms with E-state index in [9.17, 15) is 18.0 Å². The first-order chi connectivity index (χ1) is 18.2. The van der Waals surface area contributed by atoms with Gasteiger partial charge < -0.3 is 10.2 Å². The van der Waals surface area contributed by atoms with E-state index in [4.69, 9.17) is 10.7 Å². The molecule has 0 aromatic heterocycles. The first-order valence-electron chi connectivity index (χ1n) is 11.3. The van der Waals surface area contributed by atoms with Gasteiger partial charge in [0, 0.05) is 17.6 Å². The van der Waals surface area contributed by atoms with Gasteiger partial charge in [0.1, 0.15) is 11.4 Å². The highest BCUT2D eigenvalue weighted by atomic mass is 32.2. The third-order valence-electron chi connectivity index (χ3n) is 5.51. The monoisotopic (exact) mass is 553 g/mol. The number of thioether (sulfide) groups is 2. The van der Waals surface area contributed by atoms with E-state index in [1.54, 1.807) is 16.7 Å². The lowest BCUT2D eigenvalue weighted by Gasteiger charge is -2.16. The lowest BCUT2D eigenvalue weighted by Crippen LogP contribution is -2.28. The maximum atomic E-state index is 12.9. The van der Waals surface area contributed by atoms with E-state index in [1.165, 1.54) is 36.0 Å². The molecule has 0 spiro atoms. The van der Waals surface area contributed by atoms with Crippen molar-refractivity contribution in [1.29, 1.82) is 10.7 Å². The SMILES string of the molecule is CN1/C(=C2/SC(=N)N(Cc3ccccc3)C2=O)Sc2ccccc21.N#Cc1ccc(NCC(F)(F)F)cc1. The smallest absolute Gasteiger partial charge is 0.376 e. The Morgan fingerprint density at radius 3 is 2.26 bits per heavy atom. The Kier molecular flexibility index (Phi) is 8.34. The van der Waals surface area contributed by atoms with Crippen LogP contribution in [-0.4, -0.2) is 35.7 Å². The van der Waals surface area contributed by atoms with Crippen molar-refractivity contribution in [3.8, 4) is 6.07 Å². The van der Waals surface area contributed by atoms with Crippen molar-refractivity contribution >= 4 is 46.0 Å². The number of anilines is 2. The van der Waals surface area contributed by atoms with Crippen molar-refractivity contribution in [1.82, 2.24) is 4.90 Å². The summed E-state index contributed by atoms with van der Waals surface area (Å²) in [4.78, 5) is 18.2. The molecule has 0 aliphatic carbocycles. The molecular weight excluding hydrogens is 531 g/mol. The van der Waals surface area contributed by atoms with Crippen molar-refractivity contribution in [2.24, 2.45) is 0 Å². The lowest BCUT2D eigenvalue weighted by molar-refractivity contribution is -0.122. The summed E-state index contributed by atoms with van der Waals surface area (Å²) < 4.78 is 35.3. The topological polar surface area (TPSA) is 83.2 Å². The fourth-order valence-corrected chi connectivity index (χ4v) is 5.82. The van der Waals surface area contributed by atoms with E-state index in [1.807, 2.05) is 66.5 Å². The van der Waals surface area contributed by atoms with Crippen LogP contribution in [0, 0.1) is 16.7 Å². The van der Waals surface area contributed by atoms with E-state index in [0.29, 0.717) is 22.7 Å². The quantitative estimate of drug-likeness (QED) is 0.353. The summed E-state index contributed by atoms with van der Waals surface area (Å²) in [6.07, 6.45) is -4.23. The fraction of sp³-hybridized carbons (Fsp3) is 0.148. The molecule has 2 heterocycles. The number of hydrogen-bond donors (Lipinski definition) is 2. The van der Waals surface area contributed by atoms with E-state index >= 15 is 0 Å². The van der Waals surface area contributed by atoms with Crippen LogP contribution in [0.25, 0.3) is 0 Å². The van der Waals surface area contributed by atoms with E-state index in [-0.39, 0.29) is 11.1 Å². The number of carbonyl (C=O) groups excluding carboxylic acids is 1. The Bertz CT molecular complexity index is 1400. The Morgan fingerprint density at radius 2 is 1.63 bits per heavy atom. The molecular formula is C27H22F3N5OS2. The molecule has 2 N–H and O–H groups in total. The second kappa shape index (κ2) is 11.7. The summed E-state index contributed by atoms with van der Waals surface area (Å²) in [6.45, 7) is -0.636. The van der Waals surface area contributed by atoms with Gasteiger partial charge in [-0.25, -0.2) is 0 Å². The van der Waals surface area contributed by atoms with Crippen LogP contribution in [0.3, 0.4) is 0 Å². The molecule has 0 atom stereocenters. The van der Waals surface area contributed by atoms with Crippen LogP contribution < -0.4 is 10.2 Å². The number of amidine groups is 1. The molecule has 0 saturated carbocycles. The van der Waals surface area contributed by atoms with Crippen molar-refractivity contribution in [3.63, 3.8) is 0 Å². The van der Waals surface area contributed by atoms with Gasteiger partial charge in [0.2, 0.25) is 0 Å². The minimum Gasteiger partial charge on any atom is -0.376 e. The zero-order chi connectivity index (χ0) is 27.3. The minimum atomic E-state index is -4.23. The maximum Gasteiger partial charge on any atom is 0.405 e. The molecule has 3 aromatic rings. The molecule has 2 aliphatic rings. The molecule has 0 radical (unpaired) electrons. The highest BCUT2D eigenvalue weighted by Gasteiger charge is 2.38. The van der Waals surface area contributed by atoms with E-state index in [2.05, 4.69) is 11.4 Å². The fourth-order valence-electron chi connectivity index (χ4n) is 3.62. The molecule has 38 heavy (non-hydrogen) atoms. The minimum absolute atomic E-state index is 0.0870. The number of hydrogen-bond acceptors (Lipinski definition) is 7. The molecule has 11 heteroatoms. The predicted molar refractivity (Wildman–Crippen MR) is 146 cm³/mol. The molecule has 194 valence electrons. The van der Waals surface area contributed by atoms with Gasteiger partial charge >= 0.3 is 6.18 Å². The van der Waals surface area contributed by atoms with Crippen molar-refractivity contribution in [2.45, 2.75) is 17.6 Å². The van der Waals surface area contributed by atoms with Crippen LogP contribution in [-0.2, 0) is 11.3 Å². The predicted octanol–water partition coefficient (Wildman–Crippen LogP) is 6.64. The zero-order valence-corrected chi connectivity index (χ0v) is 21.8. The van der Waals surface area contributed by atoms with Crippen LogP contribution in [0.1, 0.15) is 11.1 Å². The summed E-state index contributed by atoms with van der Waals surface area (Å²) in [5, 5.41) is 20.0. The molecule has 1 saturated heterocycles. The normalized spacial score (nSPS) is 16.6. The number of fused-ring (bicyclic) bond motifs is 1. The molecule has 0 unspecified atom stereocenters. The Hall–Kier alpha value is -3.88. The number of benzene rings is 3. The van der Waals surface area contributed by atoms with Crippen molar-refractivity contribution in [3.05, 3.63) is 99.9 Å². The number of rotatable bonds is 4. The van der Waals surface area contributed by atoms with Crippen LogP contribution in [0.2, 0.25) is 0 Å². The van der Waals surface area contributed by atoms with Crippen LogP contribution in [0.4, 0.5) is 24.5 Å². The second-order valence-electron chi connectivity index (χ2n) is 8.21. The number of halogens is 3. The van der Waals surface area contributed by atoms with Crippen LogP contribution >= 0.6 is 23.5 Å². The Morgan fingerprint density at radius 1 is 0.974 bits per heavy atom. The zero-order valence-electron chi connectivity index (χ0n) is 20.1.